The molecule has 4 aromatic carbocycles. The molecule has 0 bridgehead atoms. The van der Waals surface area contributed by atoms with Gasteiger partial charge in [-0.25, -0.2) is 9.39 Å². The van der Waals surface area contributed by atoms with E-state index in [0.29, 0.717) is 0 Å². The van der Waals surface area contributed by atoms with Gasteiger partial charge in [0.2, 0.25) is 22.8 Å². The van der Waals surface area contributed by atoms with Crippen molar-refractivity contribution in [2.24, 2.45) is 0 Å². The molecule has 0 saturated carbocycles. The molecule has 0 N–H and O–H groups in total. The molecule has 2 heterocycles. The Bertz CT molecular complexity index is 3420. The summed E-state index contributed by atoms with van der Waals surface area (Å²) in [6.45, 7) is 27.0. The monoisotopic (exact) mass is 1710 g/mol. The zero-order chi connectivity index (χ0) is 85.9. The molecule has 0 aromatic heterocycles. The number of aryl methyl sites for hydroxylation is 4. The van der Waals surface area contributed by atoms with Crippen molar-refractivity contribution in [1.82, 2.24) is 0 Å². The van der Waals surface area contributed by atoms with Crippen LogP contribution >= 0.6 is 0 Å². The van der Waals surface area contributed by atoms with Gasteiger partial charge in [-0.1, -0.05) is 275 Å². The first kappa shape index (κ1) is 108. The first-order valence-corrected chi connectivity index (χ1v) is 53.6. The molecule has 4 aromatic rings. The molecular weight excluding hydrogens is 1530 g/mol. The molecule has 674 valence electrons. The molecule has 0 amide bonds. The molecule has 6 rings (SSSR count). The van der Waals surface area contributed by atoms with Gasteiger partial charge >= 0.3 is 232 Å². The average Bonchev–Trinajstić information content (AvgIpc) is 1.61. The molecule has 0 radical (unpaired) electrons. The van der Waals surface area contributed by atoms with Crippen LogP contribution in [0.3, 0.4) is 0 Å². The summed E-state index contributed by atoms with van der Waals surface area (Å²) in [4.78, 5) is 0. The fourth-order valence-corrected chi connectivity index (χ4v) is 18.6. The summed E-state index contributed by atoms with van der Waals surface area (Å²) in [5.41, 5.74) is 41.1. The summed E-state index contributed by atoms with van der Waals surface area (Å²) < 4.78 is 2.90. The maximum absolute atomic E-state index is 11.9. The normalized spacial score (nSPS) is 12.6. The second kappa shape index (κ2) is 76.8. The van der Waals surface area contributed by atoms with E-state index >= 15 is 0 Å². The predicted molar refractivity (Wildman–Crippen MR) is 522 cm³/mol. The van der Waals surface area contributed by atoms with Crippen LogP contribution in [-0.4, -0.2) is 9.39 Å². The standard InChI is InChI=1S/C46H68N2.C35H46N2.2C10H21.2C6H13.2Ni/c1-5-9-12-13-14-15-16-17-18-19-20-21-22-23-24-27-33-44-43(8-4)45(41-36-34-39(35-37-41)29-25-10-6-2)48(47)46(44)42-32-28-31-40(38-42)30-26-11-7-3;1-5-9-13-15-22-33-32(21-12-8-4)34(30-25-23-28(24-26-30)18-14-10-6-2)37(36)35(33)31-20-16-19-29(27-31)17-11-7-3;2*1-3-5-7-9-10-8-6-4-2;2*1-3-5-6-4-2;;/h28,31-32,34-38H,5-26,29-30H2,1-4H3;16,19-20,23-27H,5-11,13-15,17-18,22H2,1-4H3;2*1,3-10H2,2H3;2*1,3-6H2,2H3;;. The van der Waals surface area contributed by atoms with Crippen molar-refractivity contribution < 1.29 is 38.3 Å². The summed E-state index contributed by atoms with van der Waals surface area (Å²) in [5.74, 6) is 13.9. The van der Waals surface area contributed by atoms with Gasteiger partial charge in [0.05, 0.1) is 0 Å². The van der Waals surface area contributed by atoms with E-state index in [1.807, 2.05) is 28.9 Å². The fourth-order valence-electron chi connectivity index (χ4n) is 16.1. The van der Waals surface area contributed by atoms with Crippen molar-refractivity contribution >= 4 is 22.8 Å². The third-order valence-electron chi connectivity index (χ3n) is 23.6. The van der Waals surface area contributed by atoms with E-state index in [-0.39, 0.29) is 0 Å². The molecule has 0 spiro atoms. The average molecular weight is 1710 g/mol. The van der Waals surface area contributed by atoms with Crippen LogP contribution in [0.5, 0.6) is 0 Å². The SMILES string of the molecule is CCC#CC1=C(c2ccc(CCCCC)cc2)[N+](=[N-])C(c2cccc(CCCC)c2)=C1CCCCCC.CCCCCCCCCCCCCCCCC#CC1=C(c2cccc(CCCCC)c2)[N+](=[N-])C(c2ccc(CCCCC)cc2)=C1CC.CCCCCCCCC[CH2][Ni][CH2]CCCCCCCCC.CCCCC[CH2][Ni][CH2]CCCCC. The molecule has 0 unspecified atom stereocenters. The van der Waals surface area contributed by atoms with Gasteiger partial charge in [-0.05, 0) is 148 Å². The number of unbranched alkanes of at least 4 members (excludes halogenated alkanes) is 44. The van der Waals surface area contributed by atoms with Crippen molar-refractivity contribution in [2.75, 3.05) is 0 Å². The molecule has 2 aliphatic rings. The minimum absolute atomic E-state index is 0.795. The van der Waals surface area contributed by atoms with E-state index < -0.39 is 0 Å². The zero-order valence-electron chi connectivity index (χ0n) is 79.6. The van der Waals surface area contributed by atoms with Gasteiger partial charge in [0.25, 0.3) is 0 Å². The number of hydrogen-bond donors (Lipinski definition) is 0. The van der Waals surface area contributed by atoms with E-state index in [1.54, 1.807) is 0 Å². The van der Waals surface area contributed by atoms with Crippen molar-refractivity contribution in [3.63, 3.8) is 0 Å². The third kappa shape index (κ3) is 49.4. The van der Waals surface area contributed by atoms with Crippen LogP contribution in [0.15, 0.2) is 119 Å². The number of nitrogens with zero attached hydrogens (tertiary/aromatic N) is 4. The minimum atomic E-state index is 0.795. The van der Waals surface area contributed by atoms with E-state index in [9.17, 15) is 11.1 Å². The van der Waals surface area contributed by atoms with Gasteiger partial charge in [-0.15, -0.1) is 0 Å². The Morgan fingerprint density at radius 2 is 0.521 bits per heavy atom. The van der Waals surface area contributed by atoms with Gasteiger partial charge in [-0.2, -0.15) is 0 Å². The van der Waals surface area contributed by atoms with E-state index in [2.05, 4.69) is 204 Å². The number of rotatable bonds is 67. The summed E-state index contributed by atoms with van der Waals surface area (Å²) in [5, 5.41) is 5.69. The van der Waals surface area contributed by atoms with Gasteiger partial charge in [-0.3, -0.25) is 0 Å². The van der Waals surface area contributed by atoms with Crippen LogP contribution in [0.2, 0.25) is 21.6 Å². The second-order valence-corrected chi connectivity index (χ2v) is 37.4. The van der Waals surface area contributed by atoms with Gasteiger partial charge < -0.3 is 11.1 Å². The number of benzene rings is 4. The van der Waals surface area contributed by atoms with E-state index in [1.165, 1.54) is 386 Å². The van der Waals surface area contributed by atoms with Crippen molar-refractivity contribution in [3.8, 4) is 23.7 Å². The Morgan fingerprint density at radius 3 is 0.899 bits per heavy atom. The first-order valence-electron chi connectivity index (χ1n) is 50.8. The summed E-state index contributed by atoms with van der Waals surface area (Å²) in [7, 11) is 0. The number of hydrogen-bond acceptors (Lipinski definition) is 0. The van der Waals surface area contributed by atoms with Crippen LogP contribution in [-0.2, 0) is 54.6 Å². The Morgan fingerprint density at radius 1 is 0.244 bits per heavy atom. The Labute approximate surface area is 750 Å². The Balaban J connectivity index is 0.000000453. The molecule has 2 aliphatic heterocycles. The van der Waals surface area contributed by atoms with Crippen LogP contribution in [0.25, 0.3) is 33.9 Å². The first-order chi connectivity index (χ1) is 58.6. The quantitative estimate of drug-likeness (QED) is 0.0183. The van der Waals surface area contributed by atoms with Gasteiger partial charge in [0, 0.05) is 46.2 Å². The Hall–Kier alpha value is -4.85. The summed E-state index contributed by atoms with van der Waals surface area (Å²) in [6.07, 6.45) is 79.9. The molecule has 0 saturated heterocycles. The van der Waals surface area contributed by atoms with Gasteiger partial charge in [0.15, 0.2) is 0 Å². The van der Waals surface area contributed by atoms with Crippen LogP contribution < -0.4 is 0 Å². The molecule has 4 nitrogen and oxygen atoms in total. The summed E-state index contributed by atoms with van der Waals surface area (Å²) >= 11 is 4.01. The second-order valence-electron chi connectivity index (χ2n) is 34.5. The van der Waals surface area contributed by atoms with Crippen molar-refractivity contribution in [2.45, 2.75) is 496 Å². The molecule has 119 heavy (non-hydrogen) atoms. The van der Waals surface area contributed by atoms with Crippen LogP contribution in [0, 0.1) is 23.7 Å². The zero-order valence-corrected chi connectivity index (χ0v) is 81.6. The summed E-state index contributed by atoms with van der Waals surface area (Å²) in [6, 6.07) is 35.2. The molecule has 0 fully saturated rings. The van der Waals surface area contributed by atoms with Crippen LogP contribution in [0.4, 0.5) is 0 Å². The van der Waals surface area contributed by atoms with Gasteiger partial charge in [0.1, 0.15) is 11.1 Å². The molecule has 0 aliphatic carbocycles. The van der Waals surface area contributed by atoms with Crippen molar-refractivity contribution in [1.29, 1.82) is 0 Å². The maximum atomic E-state index is 11.9. The topological polar surface area (TPSA) is 50.6 Å². The molecular formula is C113H182N4Ni2. The van der Waals surface area contributed by atoms with E-state index in [4.69, 9.17) is 0 Å². The van der Waals surface area contributed by atoms with Crippen LogP contribution in [0.1, 0.15) is 494 Å². The third-order valence-corrected chi connectivity index (χ3v) is 26.4. The molecule has 0 atom stereocenters. The van der Waals surface area contributed by atoms with Crippen molar-refractivity contribution in [3.05, 3.63) is 175 Å². The predicted octanol–water partition coefficient (Wildman–Crippen LogP) is 38.2. The molecule has 6 heteroatoms. The van der Waals surface area contributed by atoms with E-state index in [0.717, 1.165) is 126 Å². The Kier molecular flexibility index (Phi) is 69.9. The number of allylic oxidation sites excluding steroid dienone is 4. The fraction of sp³-hybridized carbons (Fsp3) is 0.681.